The van der Waals surface area contributed by atoms with Crippen molar-refractivity contribution in [2.24, 2.45) is 0 Å². The number of alkyl carbamates (subject to hydrolysis) is 1. The summed E-state index contributed by atoms with van der Waals surface area (Å²) >= 11 is 0. The van der Waals surface area contributed by atoms with Crippen LogP contribution in [0.1, 0.15) is 5.56 Å². The van der Waals surface area contributed by atoms with E-state index >= 15 is 0 Å². The van der Waals surface area contributed by atoms with Gasteiger partial charge in [0, 0.05) is 0 Å². The molecule has 1 saturated heterocycles. The molecule has 0 spiro atoms. The summed E-state index contributed by atoms with van der Waals surface area (Å²) in [4.78, 5) is 45.0. The molecule has 0 aliphatic carbocycles. The van der Waals surface area contributed by atoms with Gasteiger partial charge in [0.15, 0.2) is 12.1 Å². The minimum atomic E-state index is -1.53. The van der Waals surface area contributed by atoms with E-state index in [1.54, 1.807) is 35.6 Å². The third kappa shape index (κ3) is 3.72. The fourth-order valence-corrected chi connectivity index (χ4v) is 1.81. The van der Waals surface area contributed by atoms with Crippen molar-refractivity contribution in [1.29, 1.82) is 0 Å². The van der Waals surface area contributed by atoms with Crippen LogP contribution in [-0.2, 0) is 25.7 Å². The van der Waals surface area contributed by atoms with Crippen LogP contribution in [-0.4, -0.2) is 41.3 Å². The lowest BCUT2D eigenvalue weighted by atomic mass is 10.1. The first-order valence-electron chi connectivity index (χ1n) is 6.19. The molecule has 1 aromatic carbocycles. The maximum atomic E-state index is 11.6. The summed E-state index contributed by atoms with van der Waals surface area (Å²) in [7, 11) is 0. The summed E-state index contributed by atoms with van der Waals surface area (Å²) in [5, 5.41) is 12.5. The highest BCUT2D eigenvalue weighted by Crippen LogP contribution is 2.10. The Morgan fingerprint density at radius 3 is 2.27 bits per heavy atom. The summed E-state index contributed by atoms with van der Waals surface area (Å²) in [5.41, 5.74) is 0.725. The van der Waals surface area contributed by atoms with E-state index in [9.17, 15) is 19.2 Å². The fourth-order valence-electron chi connectivity index (χ4n) is 1.81. The van der Waals surface area contributed by atoms with E-state index in [4.69, 9.17) is 9.84 Å². The molecule has 0 bridgehead atoms. The Morgan fingerprint density at radius 2 is 1.68 bits per heavy atom. The van der Waals surface area contributed by atoms with Gasteiger partial charge in [0.2, 0.25) is 0 Å². The van der Waals surface area contributed by atoms with Crippen molar-refractivity contribution in [3.8, 4) is 0 Å². The number of hydrogen-bond donors (Lipinski definition) is 3. The molecule has 0 unspecified atom stereocenters. The minimum absolute atomic E-state index is 0.0422. The average Bonchev–Trinajstić information content (AvgIpc) is 2.73. The number of hydrogen-bond acceptors (Lipinski definition) is 6. The fraction of sp³-hybridized carbons (Fsp3) is 0.231. The van der Waals surface area contributed by atoms with Gasteiger partial charge in [0.05, 0.1) is 0 Å². The highest BCUT2D eigenvalue weighted by atomic mass is 16.6. The van der Waals surface area contributed by atoms with Gasteiger partial charge in [-0.15, -0.1) is 0 Å². The van der Waals surface area contributed by atoms with Gasteiger partial charge < -0.3 is 25.2 Å². The van der Waals surface area contributed by atoms with Crippen LogP contribution in [0.15, 0.2) is 30.3 Å². The SMILES string of the molecule is O=C(O)N[C@@H]1C(=O)OC(=O)[C@H]1NC(=O)OCc1ccccc1. The molecule has 1 heterocycles. The van der Waals surface area contributed by atoms with Crippen LogP contribution in [0.25, 0.3) is 0 Å². The Morgan fingerprint density at radius 1 is 1.09 bits per heavy atom. The van der Waals surface area contributed by atoms with Crippen molar-refractivity contribution >= 4 is 24.1 Å². The van der Waals surface area contributed by atoms with E-state index in [-0.39, 0.29) is 6.61 Å². The summed E-state index contributed by atoms with van der Waals surface area (Å²) in [6.07, 6.45) is -2.50. The number of rotatable bonds is 4. The lowest BCUT2D eigenvalue weighted by molar-refractivity contribution is -0.153. The first-order valence-corrected chi connectivity index (χ1v) is 6.19. The van der Waals surface area contributed by atoms with Gasteiger partial charge in [-0.25, -0.2) is 19.2 Å². The van der Waals surface area contributed by atoms with Gasteiger partial charge in [-0.05, 0) is 5.56 Å². The van der Waals surface area contributed by atoms with Crippen molar-refractivity contribution in [3.05, 3.63) is 35.9 Å². The van der Waals surface area contributed by atoms with Gasteiger partial charge in [-0.3, -0.25) is 0 Å². The highest BCUT2D eigenvalue weighted by Gasteiger charge is 2.46. The number of amides is 2. The highest BCUT2D eigenvalue weighted by molar-refractivity contribution is 6.03. The molecule has 9 nitrogen and oxygen atoms in total. The molecule has 2 amide bonds. The smallest absolute Gasteiger partial charge is 0.408 e. The Hall–Kier alpha value is -3.10. The lowest BCUT2D eigenvalue weighted by Crippen LogP contribution is -2.53. The normalized spacial score (nSPS) is 20.2. The molecule has 2 rings (SSSR count). The molecular formula is C13H12N2O7. The second-order valence-electron chi connectivity index (χ2n) is 4.35. The van der Waals surface area contributed by atoms with E-state index in [2.05, 4.69) is 10.1 Å². The van der Waals surface area contributed by atoms with Crippen molar-refractivity contribution in [3.63, 3.8) is 0 Å². The molecule has 0 saturated carbocycles. The third-order valence-electron chi connectivity index (χ3n) is 2.81. The quantitative estimate of drug-likeness (QED) is 0.527. The second-order valence-corrected chi connectivity index (χ2v) is 4.35. The summed E-state index contributed by atoms with van der Waals surface area (Å²) < 4.78 is 9.16. The number of carboxylic acid groups (broad SMARTS) is 1. The Labute approximate surface area is 124 Å². The maximum Gasteiger partial charge on any atom is 0.408 e. The molecule has 1 aromatic rings. The van der Waals surface area contributed by atoms with Crippen LogP contribution in [0.4, 0.5) is 9.59 Å². The van der Waals surface area contributed by atoms with Gasteiger partial charge in [0.1, 0.15) is 6.61 Å². The first-order chi connectivity index (χ1) is 10.5. The molecule has 0 aromatic heterocycles. The topological polar surface area (TPSA) is 131 Å². The molecule has 3 N–H and O–H groups in total. The Bertz CT molecular complexity index is 602. The van der Waals surface area contributed by atoms with Crippen LogP contribution in [0.5, 0.6) is 0 Å². The number of carbonyl (C=O) groups is 4. The number of carbonyl (C=O) groups excluding carboxylic acids is 3. The van der Waals surface area contributed by atoms with Gasteiger partial charge in [-0.1, -0.05) is 30.3 Å². The molecule has 22 heavy (non-hydrogen) atoms. The zero-order chi connectivity index (χ0) is 16.1. The van der Waals surface area contributed by atoms with Crippen LogP contribution in [0.2, 0.25) is 0 Å². The van der Waals surface area contributed by atoms with Gasteiger partial charge in [0.25, 0.3) is 0 Å². The largest absolute Gasteiger partial charge is 0.465 e. The minimum Gasteiger partial charge on any atom is -0.465 e. The third-order valence-corrected chi connectivity index (χ3v) is 2.81. The second kappa shape index (κ2) is 6.57. The van der Waals surface area contributed by atoms with Crippen molar-refractivity contribution in [2.45, 2.75) is 18.7 Å². The zero-order valence-corrected chi connectivity index (χ0v) is 11.1. The maximum absolute atomic E-state index is 11.6. The molecule has 0 radical (unpaired) electrons. The van der Waals surface area contributed by atoms with E-state index in [0.29, 0.717) is 0 Å². The average molecular weight is 308 g/mol. The molecule has 2 atom stereocenters. The van der Waals surface area contributed by atoms with Crippen molar-refractivity contribution in [2.75, 3.05) is 0 Å². The van der Waals surface area contributed by atoms with Crippen LogP contribution < -0.4 is 10.6 Å². The monoisotopic (exact) mass is 308 g/mol. The molecule has 116 valence electrons. The van der Waals surface area contributed by atoms with E-state index in [1.165, 1.54) is 0 Å². The standard InChI is InChI=1S/C13H12N2O7/c16-10-8(14-12(18)19)9(11(17)22-10)15-13(20)21-6-7-4-2-1-3-5-7/h1-5,8-9,14H,6H2,(H,15,20)(H,18,19)/t8-,9-/m0/s1. The van der Waals surface area contributed by atoms with E-state index < -0.39 is 36.2 Å². The summed E-state index contributed by atoms with van der Waals surface area (Å²) in [6.45, 7) is -0.0422. The summed E-state index contributed by atoms with van der Waals surface area (Å²) in [6, 6.07) is 5.81. The Kier molecular flexibility index (Phi) is 4.57. The number of nitrogens with one attached hydrogen (secondary N) is 2. The lowest BCUT2D eigenvalue weighted by Gasteiger charge is -2.15. The number of ether oxygens (including phenoxy) is 2. The zero-order valence-electron chi connectivity index (χ0n) is 11.1. The predicted molar refractivity (Wildman–Crippen MR) is 69.6 cm³/mol. The molecular weight excluding hydrogens is 296 g/mol. The van der Waals surface area contributed by atoms with Crippen LogP contribution in [0, 0.1) is 0 Å². The molecule has 1 fully saturated rings. The van der Waals surface area contributed by atoms with E-state index in [1.807, 2.05) is 0 Å². The number of esters is 2. The predicted octanol–water partition coefficient (Wildman–Crippen LogP) is 0.001000. The van der Waals surface area contributed by atoms with Crippen LogP contribution >= 0.6 is 0 Å². The van der Waals surface area contributed by atoms with E-state index in [0.717, 1.165) is 5.56 Å². The molecule has 9 heteroatoms. The molecule has 1 aliphatic rings. The first kappa shape index (κ1) is 15.3. The van der Waals surface area contributed by atoms with Crippen molar-refractivity contribution in [1.82, 2.24) is 10.6 Å². The number of benzene rings is 1. The van der Waals surface area contributed by atoms with Gasteiger partial charge >= 0.3 is 24.1 Å². The van der Waals surface area contributed by atoms with Crippen molar-refractivity contribution < 1.29 is 33.8 Å². The Balaban J connectivity index is 1.92. The molecule has 1 aliphatic heterocycles. The van der Waals surface area contributed by atoms with Crippen LogP contribution in [0.3, 0.4) is 0 Å². The number of cyclic esters (lactones) is 2. The summed E-state index contributed by atoms with van der Waals surface area (Å²) in [5.74, 6) is -2.14. The van der Waals surface area contributed by atoms with Gasteiger partial charge in [-0.2, -0.15) is 0 Å².